The van der Waals surface area contributed by atoms with Crippen LogP contribution < -0.4 is 4.72 Å². The molecule has 1 aliphatic carbocycles. The molecule has 12 heteroatoms. The summed E-state index contributed by atoms with van der Waals surface area (Å²) in [6.07, 6.45) is -4.89. The van der Waals surface area contributed by atoms with Gasteiger partial charge in [-0.15, -0.1) is 0 Å². The number of nitrogens with one attached hydrogen (secondary N) is 2. The molecule has 1 atom stereocenters. The van der Waals surface area contributed by atoms with Gasteiger partial charge in [-0.05, 0) is 40.4 Å². The van der Waals surface area contributed by atoms with E-state index in [1.165, 1.54) is 0 Å². The second kappa shape index (κ2) is 6.99. The summed E-state index contributed by atoms with van der Waals surface area (Å²) < 4.78 is 99.4. The number of hydrogen-bond donors (Lipinski definition) is 2. The van der Waals surface area contributed by atoms with E-state index in [1.54, 1.807) is 0 Å². The molecule has 2 aromatic rings. The van der Waals surface area contributed by atoms with Crippen molar-refractivity contribution in [3.8, 4) is 0 Å². The van der Waals surface area contributed by atoms with Crippen molar-refractivity contribution in [2.75, 3.05) is 11.8 Å². The lowest BCUT2D eigenvalue weighted by Gasteiger charge is -2.37. The predicted molar refractivity (Wildman–Crippen MR) is 93.5 cm³/mol. The number of alkyl halides is 3. The maximum atomic E-state index is 13.9. The molecular weight excluding hydrogens is 475 g/mol. The Balaban J connectivity index is 1.95. The lowest BCUT2D eigenvalue weighted by Crippen LogP contribution is -2.51. The van der Waals surface area contributed by atoms with Crippen LogP contribution in [-0.2, 0) is 27.6 Å². The maximum Gasteiger partial charge on any atom is 0.417 e. The van der Waals surface area contributed by atoms with Gasteiger partial charge in [-0.2, -0.15) is 13.2 Å². The average Bonchev–Trinajstić information content (AvgIpc) is 3.02. The number of hydrogen-bond acceptors (Lipinski definition) is 3. The lowest BCUT2D eigenvalue weighted by atomic mass is 9.83. The van der Waals surface area contributed by atoms with E-state index < -0.39 is 52.0 Å². The summed E-state index contributed by atoms with van der Waals surface area (Å²) in [6.45, 7) is 0. The average molecular weight is 489 g/mol. The summed E-state index contributed by atoms with van der Waals surface area (Å²) in [6, 6.07) is 1.42. The molecule has 5 nitrogen and oxygen atoms in total. The third-order valence-corrected chi connectivity index (χ3v) is 6.77. The SMILES string of the molecule is COC1(C(F)(F)F)CCc2c(S(=O)(=O)Nc3cc(F)c(Br)cc3F)c[nH]c2C1. The van der Waals surface area contributed by atoms with E-state index in [2.05, 4.69) is 20.9 Å². The van der Waals surface area contributed by atoms with Gasteiger partial charge >= 0.3 is 6.18 Å². The van der Waals surface area contributed by atoms with E-state index in [0.29, 0.717) is 6.07 Å². The zero-order valence-electron chi connectivity index (χ0n) is 14.3. The number of sulfonamides is 1. The number of H-pyrrole nitrogens is 1. The van der Waals surface area contributed by atoms with Crippen molar-refractivity contribution in [3.05, 3.63) is 45.7 Å². The maximum absolute atomic E-state index is 13.9. The van der Waals surface area contributed by atoms with Crippen molar-refractivity contribution in [1.29, 1.82) is 0 Å². The van der Waals surface area contributed by atoms with Crippen LogP contribution in [0.1, 0.15) is 17.7 Å². The van der Waals surface area contributed by atoms with Crippen molar-refractivity contribution in [1.82, 2.24) is 4.98 Å². The van der Waals surface area contributed by atoms with Gasteiger partial charge in [-0.3, -0.25) is 4.72 Å². The van der Waals surface area contributed by atoms with Crippen LogP contribution in [0.15, 0.2) is 27.7 Å². The van der Waals surface area contributed by atoms with E-state index >= 15 is 0 Å². The Morgan fingerprint density at radius 3 is 2.54 bits per heavy atom. The third kappa shape index (κ3) is 3.52. The first kappa shape index (κ1) is 21.1. The van der Waals surface area contributed by atoms with E-state index in [-0.39, 0.29) is 27.0 Å². The molecule has 0 spiro atoms. The largest absolute Gasteiger partial charge is 0.417 e. The van der Waals surface area contributed by atoms with E-state index in [9.17, 15) is 30.4 Å². The number of ether oxygens (including phenoxy) is 1. The molecule has 1 aromatic heterocycles. The van der Waals surface area contributed by atoms with Crippen molar-refractivity contribution < 1.29 is 35.1 Å². The predicted octanol–water partition coefficient (Wildman–Crippen LogP) is 4.29. The molecule has 0 amide bonds. The van der Waals surface area contributed by atoms with Crippen LogP contribution in [0.3, 0.4) is 0 Å². The van der Waals surface area contributed by atoms with Crippen molar-refractivity contribution >= 4 is 31.6 Å². The fourth-order valence-corrected chi connectivity index (χ4v) is 4.82. The second-order valence-electron chi connectivity index (χ2n) is 6.33. The van der Waals surface area contributed by atoms with Gasteiger partial charge in [0, 0.05) is 31.5 Å². The normalized spacial score (nSPS) is 20.1. The minimum atomic E-state index is -4.64. The van der Waals surface area contributed by atoms with Crippen molar-refractivity contribution in [2.45, 2.75) is 35.9 Å². The molecule has 1 heterocycles. The Hall–Kier alpha value is -1.66. The Bertz CT molecular complexity index is 1020. The smallest absolute Gasteiger partial charge is 0.368 e. The monoisotopic (exact) mass is 488 g/mol. The highest BCUT2D eigenvalue weighted by Gasteiger charge is 2.57. The number of aromatic nitrogens is 1. The van der Waals surface area contributed by atoms with E-state index in [1.807, 2.05) is 4.72 Å². The Labute approximate surface area is 165 Å². The van der Waals surface area contributed by atoms with Gasteiger partial charge < -0.3 is 9.72 Å². The molecule has 3 rings (SSSR count). The first-order chi connectivity index (χ1) is 12.9. The Kier molecular flexibility index (Phi) is 5.26. The molecule has 1 aliphatic rings. The van der Waals surface area contributed by atoms with Gasteiger partial charge in [0.15, 0.2) is 5.60 Å². The van der Waals surface area contributed by atoms with Crippen LogP contribution in [0.2, 0.25) is 0 Å². The highest BCUT2D eigenvalue weighted by molar-refractivity contribution is 9.10. The van der Waals surface area contributed by atoms with Crippen molar-refractivity contribution in [2.24, 2.45) is 0 Å². The Morgan fingerprint density at radius 1 is 1.25 bits per heavy atom. The highest BCUT2D eigenvalue weighted by Crippen LogP contribution is 2.44. The number of anilines is 1. The summed E-state index contributed by atoms with van der Waals surface area (Å²) in [7, 11) is -3.42. The first-order valence-corrected chi connectivity index (χ1v) is 10.2. The molecule has 0 saturated heterocycles. The number of methoxy groups -OCH3 is 1. The molecule has 1 unspecified atom stereocenters. The fraction of sp³-hybridized carbons (Fsp3) is 0.375. The Morgan fingerprint density at radius 2 is 1.93 bits per heavy atom. The molecule has 0 fully saturated rings. The summed E-state index contributed by atoms with van der Waals surface area (Å²) in [5.41, 5.74) is -2.82. The molecule has 154 valence electrons. The third-order valence-electron chi connectivity index (χ3n) is 4.73. The zero-order valence-corrected chi connectivity index (χ0v) is 16.7. The molecule has 0 aliphatic heterocycles. The molecule has 0 radical (unpaired) electrons. The number of aromatic amines is 1. The van der Waals surface area contributed by atoms with Gasteiger partial charge in [-0.1, -0.05) is 0 Å². The van der Waals surface area contributed by atoms with Gasteiger partial charge in [0.25, 0.3) is 10.0 Å². The molecule has 0 bridgehead atoms. The van der Waals surface area contributed by atoms with Crippen LogP contribution >= 0.6 is 15.9 Å². The van der Waals surface area contributed by atoms with Crippen LogP contribution in [0.25, 0.3) is 0 Å². The summed E-state index contributed by atoms with van der Waals surface area (Å²) in [5.74, 6) is -1.90. The van der Waals surface area contributed by atoms with Gasteiger partial charge in [-0.25, -0.2) is 17.2 Å². The quantitative estimate of drug-likeness (QED) is 0.498. The number of rotatable bonds is 4. The molecule has 0 saturated carbocycles. The summed E-state index contributed by atoms with van der Waals surface area (Å²) in [5, 5.41) is 0. The van der Waals surface area contributed by atoms with Crippen LogP contribution in [-0.4, -0.2) is 32.3 Å². The molecule has 2 N–H and O–H groups in total. The number of benzene rings is 1. The molecular formula is C16H14BrF5N2O3S. The molecule has 28 heavy (non-hydrogen) atoms. The van der Waals surface area contributed by atoms with Crippen LogP contribution in [0, 0.1) is 11.6 Å². The van der Waals surface area contributed by atoms with E-state index in [4.69, 9.17) is 4.74 Å². The zero-order chi connectivity index (χ0) is 20.9. The first-order valence-electron chi connectivity index (χ1n) is 7.88. The van der Waals surface area contributed by atoms with Gasteiger partial charge in [0.05, 0.1) is 10.2 Å². The molecule has 1 aromatic carbocycles. The van der Waals surface area contributed by atoms with E-state index in [0.717, 1.165) is 19.4 Å². The highest BCUT2D eigenvalue weighted by atomic mass is 79.9. The summed E-state index contributed by atoms with van der Waals surface area (Å²) in [4.78, 5) is 2.22. The topological polar surface area (TPSA) is 71.2 Å². The number of fused-ring (bicyclic) bond motifs is 1. The van der Waals surface area contributed by atoms with Crippen LogP contribution in [0.5, 0.6) is 0 Å². The second-order valence-corrected chi connectivity index (χ2v) is 8.84. The van der Waals surface area contributed by atoms with Crippen molar-refractivity contribution in [3.63, 3.8) is 0 Å². The van der Waals surface area contributed by atoms with Gasteiger partial charge in [0.1, 0.15) is 16.5 Å². The minimum absolute atomic E-state index is 0.0632. The lowest BCUT2D eigenvalue weighted by molar-refractivity contribution is -0.273. The number of halogens is 6. The standard InChI is InChI=1S/C16H14BrF5N2O3S/c1-27-15(16(20,21)22)3-2-8-13(6-15)23-7-14(8)28(25,26)24-12-5-10(18)9(17)4-11(12)19/h4-5,7,23-24H,2-3,6H2,1H3. The summed E-state index contributed by atoms with van der Waals surface area (Å²) >= 11 is 2.78. The van der Waals surface area contributed by atoms with Gasteiger partial charge in [0.2, 0.25) is 0 Å². The minimum Gasteiger partial charge on any atom is -0.368 e. The fourth-order valence-electron chi connectivity index (χ4n) is 3.18. The van der Waals surface area contributed by atoms with Crippen LogP contribution in [0.4, 0.5) is 27.6 Å².